The van der Waals surface area contributed by atoms with Crippen molar-refractivity contribution in [3.05, 3.63) is 44.6 Å². The summed E-state index contributed by atoms with van der Waals surface area (Å²) < 4.78 is 2.35. The van der Waals surface area contributed by atoms with E-state index in [9.17, 15) is 9.59 Å². The minimum atomic E-state index is -0.613. The largest absolute Gasteiger partial charge is 0.366 e. The highest BCUT2D eigenvalue weighted by molar-refractivity contribution is 9.10. The van der Waals surface area contributed by atoms with Crippen LogP contribution in [0.25, 0.3) is 0 Å². The lowest BCUT2D eigenvalue weighted by atomic mass is 10.1. The van der Waals surface area contributed by atoms with Crippen LogP contribution in [0.2, 0.25) is 5.15 Å². The average molecular weight is 398 g/mol. The number of nitrogens with zero attached hydrogens (tertiary/aromatic N) is 2. The molecule has 1 saturated carbocycles. The molecule has 120 valence electrons. The number of hydrogen-bond acceptors (Lipinski definition) is 3. The van der Waals surface area contributed by atoms with Crippen molar-refractivity contribution in [3.63, 3.8) is 0 Å². The van der Waals surface area contributed by atoms with Crippen LogP contribution in [-0.4, -0.2) is 21.6 Å². The van der Waals surface area contributed by atoms with Crippen molar-refractivity contribution < 1.29 is 9.59 Å². The predicted molar refractivity (Wildman–Crippen MR) is 90.9 cm³/mol. The van der Waals surface area contributed by atoms with Crippen molar-refractivity contribution in [2.45, 2.75) is 25.8 Å². The number of carbonyl (C=O) groups is 2. The molecular weight excluding hydrogens is 384 g/mol. The standard InChI is InChI=1S/C15H14BrClN4O2/c1-7-4-8(16)5-10(14(18)22)13(7)19-15(23)11-6-12(17)20-21(11)9-2-3-9/h4-6,9H,2-3H2,1H3,(H2,18,22)(H,19,23). The monoisotopic (exact) mass is 396 g/mol. The topological polar surface area (TPSA) is 90.0 Å². The minimum absolute atomic E-state index is 0.213. The molecule has 1 heterocycles. The van der Waals surface area contributed by atoms with Crippen molar-refractivity contribution in [2.75, 3.05) is 5.32 Å². The summed E-state index contributed by atoms with van der Waals surface area (Å²) in [5.41, 5.74) is 7.14. The van der Waals surface area contributed by atoms with Gasteiger partial charge in [-0.2, -0.15) is 5.10 Å². The van der Waals surface area contributed by atoms with Crippen molar-refractivity contribution >= 4 is 45.0 Å². The number of anilines is 1. The maximum atomic E-state index is 12.6. The molecule has 8 heteroatoms. The smallest absolute Gasteiger partial charge is 0.274 e. The van der Waals surface area contributed by atoms with Gasteiger partial charge in [0, 0.05) is 10.5 Å². The Morgan fingerprint density at radius 1 is 1.39 bits per heavy atom. The fourth-order valence-electron chi connectivity index (χ4n) is 2.41. The number of nitrogens with two attached hydrogens (primary N) is 1. The number of halogens is 2. The van der Waals surface area contributed by atoms with E-state index in [4.69, 9.17) is 17.3 Å². The first kappa shape index (κ1) is 16.0. The van der Waals surface area contributed by atoms with E-state index < -0.39 is 5.91 Å². The quantitative estimate of drug-likeness (QED) is 0.829. The molecule has 0 atom stereocenters. The Morgan fingerprint density at radius 2 is 2.09 bits per heavy atom. The highest BCUT2D eigenvalue weighted by Gasteiger charge is 2.30. The van der Waals surface area contributed by atoms with Gasteiger partial charge in [0.15, 0.2) is 5.15 Å². The van der Waals surface area contributed by atoms with E-state index in [1.54, 1.807) is 23.7 Å². The van der Waals surface area contributed by atoms with Gasteiger partial charge in [0.1, 0.15) is 5.69 Å². The molecule has 3 rings (SSSR count). The highest BCUT2D eigenvalue weighted by atomic mass is 79.9. The Labute approximate surface area is 146 Å². The number of primary amides is 1. The molecule has 0 unspecified atom stereocenters. The Bertz CT molecular complexity index is 814. The maximum absolute atomic E-state index is 12.6. The van der Waals surface area contributed by atoms with Crippen LogP contribution in [0.3, 0.4) is 0 Å². The molecule has 23 heavy (non-hydrogen) atoms. The lowest BCUT2D eigenvalue weighted by Crippen LogP contribution is -2.21. The molecule has 0 aliphatic heterocycles. The van der Waals surface area contributed by atoms with Crippen molar-refractivity contribution in [3.8, 4) is 0 Å². The molecule has 1 fully saturated rings. The Balaban J connectivity index is 1.96. The fraction of sp³-hybridized carbons (Fsp3) is 0.267. The Kier molecular flexibility index (Phi) is 4.16. The summed E-state index contributed by atoms with van der Waals surface area (Å²) in [6.45, 7) is 1.79. The first-order chi connectivity index (χ1) is 10.9. The molecule has 3 N–H and O–H groups in total. The van der Waals surface area contributed by atoms with Gasteiger partial charge >= 0.3 is 0 Å². The van der Waals surface area contributed by atoms with Gasteiger partial charge in [0.25, 0.3) is 11.8 Å². The van der Waals surface area contributed by atoms with Crippen LogP contribution in [0.5, 0.6) is 0 Å². The molecule has 0 radical (unpaired) electrons. The third kappa shape index (κ3) is 3.25. The van der Waals surface area contributed by atoms with Gasteiger partial charge in [-0.3, -0.25) is 14.3 Å². The van der Waals surface area contributed by atoms with E-state index in [-0.39, 0.29) is 22.7 Å². The van der Waals surface area contributed by atoms with Crippen LogP contribution in [0.1, 0.15) is 45.3 Å². The van der Waals surface area contributed by atoms with E-state index in [2.05, 4.69) is 26.3 Å². The third-order valence-corrected chi connectivity index (χ3v) is 4.28. The van der Waals surface area contributed by atoms with Gasteiger partial charge in [-0.15, -0.1) is 0 Å². The first-order valence-electron chi connectivity index (χ1n) is 7.03. The SMILES string of the molecule is Cc1cc(Br)cc(C(N)=O)c1NC(=O)c1cc(Cl)nn1C1CC1. The summed E-state index contributed by atoms with van der Waals surface area (Å²) in [7, 11) is 0. The van der Waals surface area contributed by atoms with E-state index in [1.807, 2.05) is 0 Å². The fourth-order valence-corrected chi connectivity index (χ4v) is 3.17. The zero-order valence-corrected chi connectivity index (χ0v) is 14.6. The number of aryl methyl sites for hydroxylation is 1. The molecule has 1 aromatic heterocycles. The van der Waals surface area contributed by atoms with Gasteiger partial charge in [-0.1, -0.05) is 27.5 Å². The van der Waals surface area contributed by atoms with Crippen molar-refractivity contribution in [2.24, 2.45) is 5.73 Å². The molecule has 6 nitrogen and oxygen atoms in total. The van der Waals surface area contributed by atoms with Gasteiger partial charge < -0.3 is 11.1 Å². The molecule has 0 saturated heterocycles. The summed E-state index contributed by atoms with van der Waals surface area (Å²) in [4.78, 5) is 24.2. The summed E-state index contributed by atoms with van der Waals surface area (Å²) in [5, 5.41) is 7.18. The van der Waals surface area contributed by atoms with Crippen LogP contribution in [0.4, 0.5) is 5.69 Å². The average Bonchev–Trinajstić information content (AvgIpc) is 3.23. The molecule has 2 aromatic rings. The Morgan fingerprint density at radius 3 is 2.70 bits per heavy atom. The first-order valence-corrected chi connectivity index (χ1v) is 8.20. The highest BCUT2D eigenvalue weighted by Crippen LogP contribution is 2.36. The summed E-state index contributed by atoms with van der Waals surface area (Å²) in [6, 6.07) is 5.11. The van der Waals surface area contributed by atoms with E-state index >= 15 is 0 Å². The van der Waals surface area contributed by atoms with Gasteiger partial charge in [-0.05, 0) is 37.5 Å². The van der Waals surface area contributed by atoms with Crippen molar-refractivity contribution in [1.29, 1.82) is 0 Å². The minimum Gasteiger partial charge on any atom is -0.366 e. The van der Waals surface area contributed by atoms with Gasteiger partial charge in [0.05, 0.1) is 17.3 Å². The van der Waals surface area contributed by atoms with Crippen molar-refractivity contribution in [1.82, 2.24) is 9.78 Å². The molecule has 0 bridgehead atoms. The summed E-state index contributed by atoms with van der Waals surface area (Å²) in [6.07, 6.45) is 1.95. The molecular formula is C15H14BrClN4O2. The third-order valence-electron chi connectivity index (χ3n) is 3.64. The van der Waals surface area contributed by atoms with Gasteiger partial charge in [0.2, 0.25) is 0 Å². The van der Waals surface area contributed by atoms with Crippen LogP contribution in [0.15, 0.2) is 22.7 Å². The lowest BCUT2D eigenvalue weighted by Gasteiger charge is -2.13. The molecule has 2 amide bonds. The van der Waals surface area contributed by atoms with Crippen LogP contribution in [-0.2, 0) is 0 Å². The zero-order chi connectivity index (χ0) is 16.7. The van der Waals surface area contributed by atoms with Crippen LogP contribution in [0, 0.1) is 6.92 Å². The number of rotatable bonds is 4. The van der Waals surface area contributed by atoms with Crippen LogP contribution >= 0.6 is 27.5 Å². The number of carbonyl (C=O) groups excluding carboxylic acids is 2. The van der Waals surface area contributed by atoms with Crippen LogP contribution < -0.4 is 11.1 Å². The maximum Gasteiger partial charge on any atom is 0.274 e. The van der Waals surface area contributed by atoms with E-state index in [0.717, 1.165) is 18.4 Å². The number of nitrogens with one attached hydrogen (secondary N) is 1. The van der Waals surface area contributed by atoms with Gasteiger partial charge in [-0.25, -0.2) is 0 Å². The molecule has 1 aliphatic carbocycles. The second-order valence-electron chi connectivity index (χ2n) is 5.49. The molecule has 1 aliphatic rings. The molecule has 1 aromatic carbocycles. The number of aromatic nitrogens is 2. The second kappa shape index (κ2) is 5.98. The van der Waals surface area contributed by atoms with E-state index in [0.29, 0.717) is 15.9 Å². The summed E-state index contributed by atoms with van der Waals surface area (Å²) >= 11 is 9.24. The lowest BCUT2D eigenvalue weighted by molar-refractivity contribution is 0.100. The predicted octanol–water partition coefficient (Wildman–Crippen LogP) is 3.29. The molecule has 0 spiro atoms. The normalized spacial score (nSPS) is 13.9. The second-order valence-corrected chi connectivity index (χ2v) is 6.79. The zero-order valence-electron chi connectivity index (χ0n) is 12.3. The number of amides is 2. The number of hydrogen-bond donors (Lipinski definition) is 2. The number of benzene rings is 1. The summed E-state index contributed by atoms with van der Waals surface area (Å²) in [5.74, 6) is -0.984. The Hall–Kier alpha value is -1.86. The van der Waals surface area contributed by atoms with E-state index in [1.165, 1.54) is 6.07 Å².